The molecule has 0 bridgehead atoms. The van der Waals surface area contributed by atoms with Gasteiger partial charge in [0, 0.05) is 24.5 Å². The molecule has 4 heteroatoms. The number of hydrogen-bond acceptors (Lipinski definition) is 2. The lowest BCUT2D eigenvalue weighted by Gasteiger charge is -2.18. The minimum absolute atomic E-state index is 0.0220. The zero-order valence-corrected chi connectivity index (χ0v) is 11.5. The molecule has 0 aliphatic carbocycles. The molecule has 2 rings (SSSR count). The normalized spacial score (nSPS) is 10.7. The predicted octanol–water partition coefficient (Wildman–Crippen LogP) is 2.20. The van der Waals surface area contributed by atoms with E-state index in [0.717, 1.165) is 16.5 Å². The Morgan fingerprint density at radius 1 is 1.32 bits per heavy atom. The SMILES string of the molecule is CCN(Cc1cc2cc(C)ccc2[nH]c1=O)C(C)=O. The number of hydrogen-bond donors (Lipinski definition) is 1. The monoisotopic (exact) mass is 258 g/mol. The Morgan fingerprint density at radius 3 is 2.68 bits per heavy atom. The molecule has 0 aliphatic rings. The molecule has 0 radical (unpaired) electrons. The number of nitrogens with one attached hydrogen (secondary N) is 1. The van der Waals surface area contributed by atoms with E-state index >= 15 is 0 Å². The number of pyridine rings is 1. The fraction of sp³-hybridized carbons (Fsp3) is 0.333. The van der Waals surface area contributed by atoms with Gasteiger partial charge in [-0.25, -0.2) is 0 Å². The number of amides is 1. The van der Waals surface area contributed by atoms with Gasteiger partial charge in [-0.2, -0.15) is 0 Å². The molecule has 2 aromatic rings. The van der Waals surface area contributed by atoms with Gasteiger partial charge >= 0.3 is 0 Å². The molecule has 0 saturated heterocycles. The van der Waals surface area contributed by atoms with Gasteiger partial charge in [0.2, 0.25) is 5.91 Å². The topological polar surface area (TPSA) is 53.2 Å². The van der Waals surface area contributed by atoms with Crippen molar-refractivity contribution in [1.82, 2.24) is 9.88 Å². The van der Waals surface area contributed by atoms with Crippen LogP contribution in [0, 0.1) is 6.92 Å². The first kappa shape index (κ1) is 13.3. The summed E-state index contributed by atoms with van der Waals surface area (Å²) in [7, 11) is 0. The van der Waals surface area contributed by atoms with Gasteiger partial charge in [0.1, 0.15) is 0 Å². The molecular weight excluding hydrogens is 240 g/mol. The van der Waals surface area contributed by atoms with Crippen LogP contribution >= 0.6 is 0 Å². The van der Waals surface area contributed by atoms with Crippen molar-refractivity contribution in [3.8, 4) is 0 Å². The molecule has 1 N–H and O–H groups in total. The fourth-order valence-corrected chi connectivity index (χ4v) is 2.14. The van der Waals surface area contributed by atoms with Gasteiger partial charge in [-0.3, -0.25) is 9.59 Å². The molecule has 0 atom stereocenters. The third kappa shape index (κ3) is 2.84. The number of nitrogens with zero attached hydrogens (tertiary/aromatic N) is 1. The van der Waals surface area contributed by atoms with Crippen LogP contribution in [0.3, 0.4) is 0 Å². The largest absolute Gasteiger partial charge is 0.339 e. The average molecular weight is 258 g/mol. The zero-order valence-electron chi connectivity index (χ0n) is 11.5. The summed E-state index contributed by atoms with van der Waals surface area (Å²) >= 11 is 0. The lowest BCUT2D eigenvalue weighted by molar-refractivity contribution is -0.129. The standard InChI is InChI=1S/C15H18N2O2/c1-4-17(11(3)18)9-13-8-12-7-10(2)5-6-14(12)16-15(13)19/h5-8H,4,9H2,1-3H3,(H,16,19). The molecular formula is C15H18N2O2. The van der Waals surface area contributed by atoms with Crippen molar-refractivity contribution < 1.29 is 4.79 Å². The van der Waals surface area contributed by atoms with Crippen LogP contribution in [0.15, 0.2) is 29.1 Å². The van der Waals surface area contributed by atoms with E-state index in [-0.39, 0.29) is 11.5 Å². The van der Waals surface area contributed by atoms with Crippen molar-refractivity contribution in [2.75, 3.05) is 6.54 Å². The molecule has 0 unspecified atom stereocenters. The van der Waals surface area contributed by atoms with Crippen LogP contribution in [0.2, 0.25) is 0 Å². The average Bonchev–Trinajstić information content (AvgIpc) is 2.36. The molecule has 0 saturated carbocycles. The van der Waals surface area contributed by atoms with Crippen molar-refractivity contribution in [3.05, 3.63) is 45.7 Å². The van der Waals surface area contributed by atoms with E-state index in [1.807, 2.05) is 38.1 Å². The van der Waals surface area contributed by atoms with Crippen LogP contribution in [0.25, 0.3) is 10.9 Å². The number of H-pyrrole nitrogens is 1. The molecule has 0 spiro atoms. The lowest BCUT2D eigenvalue weighted by Crippen LogP contribution is -2.30. The summed E-state index contributed by atoms with van der Waals surface area (Å²) < 4.78 is 0. The van der Waals surface area contributed by atoms with E-state index in [2.05, 4.69) is 4.98 Å². The fourth-order valence-electron chi connectivity index (χ4n) is 2.14. The Morgan fingerprint density at radius 2 is 2.05 bits per heavy atom. The third-order valence-corrected chi connectivity index (χ3v) is 3.26. The van der Waals surface area contributed by atoms with Crippen molar-refractivity contribution >= 4 is 16.8 Å². The second-order valence-corrected chi connectivity index (χ2v) is 4.75. The first-order valence-corrected chi connectivity index (χ1v) is 6.39. The molecule has 4 nitrogen and oxygen atoms in total. The second kappa shape index (κ2) is 5.26. The van der Waals surface area contributed by atoms with Gasteiger partial charge in [-0.1, -0.05) is 11.6 Å². The molecule has 1 aromatic heterocycles. The molecule has 1 heterocycles. The highest BCUT2D eigenvalue weighted by molar-refractivity contribution is 5.80. The molecule has 0 aliphatic heterocycles. The van der Waals surface area contributed by atoms with Crippen LogP contribution in [0.5, 0.6) is 0 Å². The van der Waals surface area contributed by atoms with E-state index in [1.54, 1.807) is 4.90 Å². The number of fused-ring (bicyclic) bond motifs is 1. The Hall–Kier alpha value is -2.10. The van der Waals surface area contributed by atoms with Crippen molar-refractivity contribution in [2.24, 2.45) is 0 Å². The Balaban J connectivity index is 2.46. The number of rotatable bonds is 3. The minimum Gasteiger partial charge on any atom is -0.339 e. The van der Waals surface area contributed by atoms with Crippen LogP contribution < -0.4 is 5.56 Å². The maximum Gasteiger partial charge on any atom is 0.253 e. The molecule has 19 heavy (non-hydrogen) atoms. The second-order valence-electron chi connectivity index (χ2n) is 4.75. The van der Waals surface area contributed by atoms with E-state index in [9.17, 15) is 9.59 Å². The van der Waals surface area contributed by atoms with E-state index in [4.69, 9.17) is 0 Å². The maximum atomic E-state index is 12.0. The first-order valence-electron chi connectivity index (χ1n) is 6.39. The van der Waals surface area contributed by atoms with Crippen LogP contribution in [0.1, 0.15) is 25.0 Å². The van der Waals surface area contributed by atoms with Crippen molar-refractivity contribution in [1.29, 1.82) is 0 Å². The van der Waals surface area contributed by atoms with Gasteiger partial charge < -0.3 is 9.88 Å². The first-order chi connectivity index (χ1) is 9.01. The van der Waals surface area contributed by atoms with Gasteiger partial charge in [-0.15, -0.1) is 0 Å². The van der Waals surface area contributed by atoms with Gasteiger partial charge in [-0.05, 0) is 37.4 Å². The summed E-state index contributed by atoms with van der Waals surface area (Å²) in [5, 5.41) is 0.995. The van der Waals surface area contributed by atoms with E-state index in [1.165, 1.54) is 6.92 Å². The highest BCUT2D eigenvalue weighted by atomic mass is 16.2. The number of aromatic amines is 1. The minimum atomic E-state index is -0.129. The van der Waals surface area contributed by atoms with Crippen molar-refractivity contribution in [2.45, 2.75) is 27.3 Å². The number of carbonyl (C=O) groups is 1. The molecule has 1 aromatic carbocycles. The zero-order chi connectivity index (χ0) is 14.0. The highest BCUT2D eigenvalue weighted by Crippen LogP contribution is 2.14. The molecule has 0 fully saturated rings. The quantitative estimate of drug-likeness (QED) is 0.917. The Bertz CT molecular complexity index is 673. The highest BCUT2D eigenvalue weighted by Gasteiger charge is 2.10. The van der Waals surface area contributed by atoms with Crippen LogP contribution in [-0.2, 0) is 11.3 Å². The molecule has 100 valence electrons. The van der Waals surface area contributed by atoms with Gasteiger partial charge in [0.15, 0.2) is 0 Å². The number of aryl methyl sites for hydroxylation is 1. The summed E-state index contributed by atoms with van der Waals surface area (Å²) in [4.78, 5) is 27.9. The summed E-state index contributed by atoms with van der Waals surface area (Å²) in [6.45, 7) is 6.38. The van der Waals surface area contributed by atoms with Gasteiger partial charge in [0.05, 0.1) is 6.54 Å². The summed E-state index contributed by atoms with van der Waals surface area (Å²) in [5.41, 5.74) is 2.46. The lowest BCUT2D eigenvalue weighted by atomic mass is 10.1. The Labute approximate surface area is 112 Å². The van der Waals surface area contributed by atoms with Crippen LogP contribution in [-0.4, -0.2) is 22.3 Å². The number of benzene rings is 1. The smallest absolute Gasteiger partial charge is 0.253 e. The summed E-state index contributed by atoms with van der Waals surface area (Å²) in [6, 6.07) is 7.76. The summed E-state index contributed by atoms with van der Waals surface area (Å²) in [6.07, 6.45) is 0. The molecule has 1 amide bonds. The third-order valence-electron chi connectivity index (χ3n) is 3.26. The van der Waals surface area contributed by atoms with Crippen LogP contribution in [0.4, 0.5) is 0 Å². The van der Waals surface area contributed by atoms with Gasteiger partial charge in [0.25, 0.3) is 5.56 Å². The maximum absolute atomic E-state index is 12.0. The number of carbonyl (C=O) groups excluding carboxylic acids is 1. The number of aromatic nitrogens is 1. The van der Waals surface area contributed by atoms with Crippen molar-refractivity contribution in [3.63, 3.8) is 0 Å². The Kier molecular flexibility index (Phi) is 3.69. The van der Waals surface area contributed by atoms with E-state index in [0.29, 0.717) is 18.7 Å². The van der Waals surface area contributed by atoms with E-state index < -0.39 is 0 Å². The predicted molar refractivity (Wildman–Crippen MR) is 76.1 cm³/mol. The summed E-state index contributed by atoms with van der Waals surface area (Å²) in [5.74, 6) is -0.0220.